The summed E-state index contributed by atoms with van der Waals surface area (Å²) in [4.78, 5) is 38.7. The Morgan fingerprint density at radius 3 is 2.06 bits per heavy atom. The van der Waals surface area contributed by atoms with Crippen LogP contribution in [0.25, 0.3) is 11.1 Å². The molecule has 0 bridgehead atoms. The molecule has 1 aliphatic rings. The third-order valence-corrected chi connectivity index (χ3v) is 6.12. The molecule has 1 aliphatic carbocycles. The first-order valence-corrected chi connectivity index (χ1v) is 11.7. The lowest BCUT2D eigenvalue weighted by Crippen LogP contribution is -2.45. The maximum atomic E-state index is 13.3. The van der Waals surface area contributed by atoms with Crippen molar-refractivity contribution in [2.75, 3.05) is 19.7 Å². The van der Waals surface area contributed by atoms with Crippen LogP contribution in [0.5, 0.6) is 0 Å². The van der Waals surface area contributed by atoms with Crippen LogP contribution in [-0.4, -0.2) is 47.7 Å². The van der Waals surface area contributed by atoms with Crippen LogP contribution in [0.4, 0.5) is 4.79 Å². The van der Waals surface area contributed by atoms with E-state index in [-0.39, 0.29) is 19.1 Å². The summed E-state index contributed by atoms with van der Waals surface area (Å²) in [6.45, 7) is 1.80. The van der Waals surface area contributed by atoms with E-state index in [1.54, 1.807) is 30.3 Å². The molecular weight excluding hydrogens is 444 g/mol. The zero-order valence-electron chi connectivity index (χ0n) is 19.5. The minimum Gasteiger partial charge on any atom is -0.480 e. The molecule has 7 nitrogen and oxygen atoms in total. The van der Waals surface area contributed by atoms with Gasteiger partial charge in [0.1, 0.15) is 19.2 Å². The average Bonchev–Trinajstić information content (AvgIpc) is 3.19. The van der Waals surface area contributed by atoms with Gasteiger partial charge in [0, 0.05) is 12.5 Å². The summed E-state index contributed by atoms with van der Waals surface area (Å²) in [6.07, 6.45) is -0.147. The predicted molar refractivity (Wildman–Crippen MR) is 132 cm³/mol. The number of rotatable bonds is 9. The maximum Gasteiger partial charge on any atom is 0.408 e. The van der Waals surface area contributed by atoms with Crippen molar-refractivity contribution in [3.8, 4) is 11.1 Å². The zero-order chi connectivity index (χ0) is 24.8. The number of hydrogen-bond acceptors (Lipinski definition) is 4. The van der Waals surface area contributed by atoms with Gasteiger partial charge in [-0.25, -0.2) is 4.79 Å². The molecule has 0 heterocycles. The first-order chi connectivity index (χ1) is 17.0. The van der Waals surface area contributed by atoms with Crippen LogP contribution < -0.4 is 5.32 Å². The van der Waals surface area contributed by atoms with Gasteiger partial charge in [0.2, 0.25) is 5.91 Å². The molecule has 4 rings (SSSR count). The van der Waals surface area contributed by atoms with E-state index >= 15 is 0 Å². The number of benzene rings is 3. The third-order valence-electron chi connectivity index (χ3n) is 6.12. The van der Waals surface area contributed by atoms with Crippen molar-refractivity contribution in [1.82, 2.24) is 10.2 Å². The summed E-state index contributed by atoms with van der Waals surface area (Å²) >= 11 is 0. The molecule has 7 heteroatoms. The third kappa shape index (κ3) is 5.35. The van der Waals surface area contributed by atoms with E-state index in [0.717, 1.165) is 22.3 Å². The van der Waals surface area contributed by atoms with Crippen molar-refractivity contribution in [1.29, 1.82) is 0 Å². The second kappa shape index (κ2) is 10.9. The maximum absolute atomic E-state index is 13.3. The second-order valence-corrected chi connectivity index (χ2v) is 8.47. The fourth-order valence-electron chi connectivity index (χ4n) is 4.57. The number of carbonyl (C=O) groups is 3. The molecule has 0 radical (unpaired) electrons. The quantitative estimate of drug-likeness (QED) is 0.475. The van der Waals surface area contributed by atoms with Gasteiger partial charge in [-0.3, -0.25) is 9.59 Å². The summed E-state index contributed by atoms with van der Waals surface area (Å²) in [5.41, 5.74) is 4.98. The van der Waals surface area contributed by atoms with Crippen LogP contribution in [0.3, 0.4) is 0 Å². The van der Waals surface area contributed by atoms with Crippen LogP contribution in [0.15, 0.2) is 78.9 Å². The number of alkyl carbamates (subject to hydrolysis) is 1. The van der Waals surface area contributed by atoms with E-state index in [1.165, 1.54) is 4.90 Å². The van der Waals surface area contributed by atoms with Gasteiger partial charge in [-0.1, -0.05) is 85.8 Å². The number of aliphatic carboxylic acids is 1. The van der Waals surface area contributed by atoms with Crippen LogP contribution in [0, 0.1) is 0 Å². The van der Waals surface area contributed by atoms with Gasteiger partial charge < -0.3 is 20.1 Å². The van der Waals surface area contributed by atoms with Crippen molar-refractivity contribution in [3.05, 3.63) is 95.6 Å². The Labute approximate surface area is 204 Å². The zero-order valence-corrected chi connectivity index (χ0v) is 19.5. The normalized spacial score (nSPS) is 12.8. The Hall–Kier alpha value is -4.13. The van der Waals surface area contributed by atoms with Gasteiger partial charge in [-0.2, -0.15) is 0 Å². The molecule has 0 aliphatic heterocycles. The van der Waals surface area contributed by atoms with E-state index in [4.69, 9.17) is 4.74 Å². The highest BCUT2D eigenvalue weighted by Gasteiger charge is 2.31. The lowest BCUT2D eigenvalue weighted by molar-refractivity contribution is -0.145. The molecule has 1 unspecified atom stereocenters. The van der Waals surface area contributed by atoms with Crippen molar-refractivity contribution >= 4 is 18.0 Å². The topological polar surface area (TPSA) is 95.9 Å². The average molecular weight is 473 g/mol. The predicted octanol–water partition coefficient (Wildman–Crippen LogP) is 4.59. The van der Waals surface area contributed by atoms with Crippen LogP contribution in [-0.2, 0) is 14.3 Å². The number of nitrogens with one attached hydrogen (secondary N) is 1. The number of carboxylic acids is 1. The Morgan fingerprint density at radius 1 is 0.914 bits per heavy atom. The summed E-state index contributed by atoms with van der Waals surface area (Å²) in [7, 11) is 0. The lowest BCUT2D eigenvalue weighted by atomic mass is 9.98. The smallest absolute Gasteiger partial charge is 0.408 e. The molecule has 3 aromatic carbocycles. The van der Waals surface area contributed by atoms with Crippen LogP contribution in [0.1, 0.15) is 42.0 Å². The van der Waals surface area contributed by atoms with E-state index in [2.05, 4.69) is 17.4 Å². The summed E-state index contributed by atoms with van der Waals surface area (Å²) in [5.74, 6) is -1.71. The molecule has 1 atom stereocenters. The Balaban J connectivity index is 1.51. The molecule has 0 saturated heterocycles. The van der Waals surface area contributed by atoms with Crippen LogP contribution in [0.2, 0.25) is 0 Å². The molecule has 2 N–H and O–H groups in total. The SMILES string of the molecule is CCCN(CC(=O)O)C(=O)C(NC(=O)OCC1c2ccccc2-c2ccccc21)c1ccccc1. The number of amides is 2. The molecule has 180 valence electrons. The van der Waals surface area contributed by atoms with Gasteiger partial charge in [0.15, 0.2) is 0 Å². The fraction of sp³-hybridized carbons (Fsp3) is 0.250. The highest BCUT2D eigenvalue weighted by molar-refractivity contribution is 5.89. The monoisotopic (exact) mass is 472 g/mol. The molecule has 3 aromatic rings. The van der Waals surface area contributed by atoms with Crippen LogP contribution >= 0.6 is 0 Å². The van der Waals surface area contributed by atoms with E-state index < -0.39 is 30.6 Å². The molecular formula is C28H28N2O5. The minimum absolute atomic E-state index is 0.109. The van der Waals surface area contributed by atoms with Gasteiger partial charge in [0.05, 0.1) is 0 Å². The van der Waals surface area contributed by atoms with Crippen molar-refractivity contribution in [3.63, 3.8) is 0 Å². The number of carboxylic acid groups (broad SMARTS) is 1. The van der Waals surface area contributed by atoms with Gasteiger partial charge >= 0.3 is 12.1 Å². The number of ether oxygens (including phenoxy) is 1. The fourth-order valence-corrected chi connectivity index (χ4v) is 4.57. The number of hydrogen-bond donors (Lipinski definition) is 2. The van der Waals surface area contributed by atoms with Gasteiger partial charge in [0.25, 0.3) is 0 Å². The summed E-state index contributed by atoms with van der Waals surface area (Å²) in [6, 6.07) is 23.8. The molecule has 0 spiro atoms. The highest BCUT2D eigenvalue weighted by atomic mass is 16.5. The number of nitrogens with zero attached hydrogens (tertiary/aromatic N) is 1. The largest absolute Gasteiger partial charge is 0.480 e. The minimum atomic E-state index is -1.11. The van der Waals surface area contributed by atoms with Crippen molar-refractivity contribution in [2.24, 2.45) is 0 Å². The van der Waals surface area contributed by atoms with Gasteiger partial charge in [-0.15, -0.1) is 0 Å². The lowest BCUT2D eigenvalue weighted by Gasteiger charge is -2.26. The second-order valence-electron chi connectivity index (χ2n) is 8.47. The molecule has 0 saturated carbocycles. The van der Waals surface area contributed by atoms with Crippen molar-refractivity contribution < 1.29 is 24.2 Å². The highest BCUT2D eigenvalue weighted by Crippen LogP contribution is 2.44. The number of fused-ring (bicyclic) bond motifs is 3. The Bertz CT molecular complexity index is 1170. The Morgan fingerprint density at radius 2 is 1.49 bits per heavy atom. The van der Waals surface area contributed by atoms with Crippen molar-refractivity contribution in [2.45, 2.75) is 25.3 Å². The van der Waals surface area contributed by atoms with E-state index in [1.807, 2.05) is 43.3 Å². The molecule has 0 fully saturated rings. The van der Waals surface area contributed by atoms with Gasteiger partial charge in [-0.05, 0) is 34.2 Å². The van der Waals surface area contributed by atoms with E-state index in [0.29, 0.717) is 12.0 Å². The first kappa shape index (κ1) is 24.0. The number of carbonyl (C=O) groups excluding carboxylic acids is 2. The molecule has 0 aromatic heterocycles. The summed E-state index contributed by atoms with van der Waals surface area (Å²) in [5, 5.41) is 11.9. The standard InChI is InChI=1S/C28H28N2O5/c1-2-16-30(17-25(31)32)27(33)26(19-10-4-3-5-11-19)29-28(34)35-18-24-22-14-8-6-12-20(22)21-13-7-9-15-23(21)24/h3-15,24,26H,2,16-18H2,1H3,(H,29,34)(H,31,32). The molecule has 35 heavy (non-hydrogen) atoms. The van der Waals surface area contributed by atoms with E-state index in [9.17, 15) is 19.5 Å². The Kier molecular flexibility index (Phi) is 7.45. The first-order valence-electron chi connectivity index (χ1n) is 11.7. The summed E-state index contributed by atoms with van der Waals surface area (Å²) < 4.78 is 5.63. The molecule has 2 amide bonds.